The van der Waals surface area contributed by atoms with Crippen LogP contribution in [0.15, 0.2) is 63.2 Å². The molecule has 0 spiro atoms. The monoisotopic (exact) mass is 331 g/mol. The van der Waals surface area contributed by atoms with Gasteiger partial charge < -0.3 is 0 Å². The van der Waals surface area contributed by atoms with Crippen LogP contribution in [0.5, 0.6) is 0 Å². The van der Waals surface area contributed by atoms with Crippen molar-refractivity contribution in [3.8, 4) is 0 Å². The number of aliphatic imine (C=N–C) groups is 1. The van der Waals surface area contributed by atoms with Gasteiger partial charge in [0.25, 0.3) is 0 Å². The second-order valence-electron chi connectivity index (χ2n) is 4.59. The number of allylic oxidation sites excluding steroid dienone is 6. The second kappa shape index (κ2) is 5.48. The van der Waals surface area contributed by atoms with E-state index in [0.717, 1.165) is 0 Å². The molecule has 6 heteroatoms. The van der Waals surface area contributed by atoms with E-state index in [0.29, 0.717) is 0 Å². The van der Waals surface area contributed by atoms with Crippen molar-refractivity contribution in [3.63, 3.8) is 0 Å². The highest BCUT2D eigenvalue weighted by molar-refractivity contribution is 6.50. The zero-order valence-electron chi connectivity index (χ0n) is 11.0. The summed E-state index contributed by atoms with van der Waals surface area (Å²) >= 11 is 11.7. The van der Waals surface area contributed by atoms with Gasteiger partial charge in [-0.2, -0.15) is 0 Å². The van der Waals surface area contributed by atoms with Crippen LogP contribution in [-0.4, -0.2) is 23.1 Å². The van der Waals surface area contributed by atoms with E-state index < -0.39 is 11.6 Å². The van der Waals surface area contributed by atoms with Crippen LogP contribution in [0.2, 0.25) is 0 Å². The lowest BCUT2D eigenvalue weighted by Gasteiger charge is -2.15. The van der Waals surface area contributed by atoms with Crippen molar-refractivity contribution in [2.24, 2.45) is 4.99 Å². The molecule has 1 aromatic carbocycles. The van der Waals surface area contributed by atoms with Gasteiger partial charge in [0.1, 0.15) is 10.7 Å². The van der Waals surface area contributed by atoms with Crippen molar-refractivity contribution in [3.05, 3.63) is 69.4 Å². The molecular weight excluding hydrogens is 325 g/mol. The van der Waals surface area contributed by atoms with E-state index in [4.69, 9.17) is 23.2 Å². The molecule has 0 aliphatic heterocycles. The molecule has 22 heavy (non-hydrogen) atoms. The maximum absolute atomic E-state index is 12.4. The molecule has 0 saturated heterocycles. The highest BCUT2D eigenvalue weighted by Gasteiger charge is 2.31. The molecule has 0 aromatic heterocycles. The Bertz CT molecular complexity index is 860. The van der Waals surface area contributed by atoms with Gasteiger partial charge in [0.05, 0.1) is 10.7 Å². The van der Waals surface area contributed by atoms with Gasteiger partial charge in [0.2, 0.25) is 11.6 Å². The SMILES string of the molecule is O=C1C=CC(=NC2=C(Cl)C(=O)c3ccccc3C2=O)C=C1Cl. The van der Waals surface area contributed by atoms with Crippen molar-refractivity contribution in [1.82, 2.24) is 0 Å². The van der Waals surface area contributed by atoms with Crippen LogP contribution in [0, 0.1) is 0 Å². The summed E-state index contributed by atoms with van der Waals surface area (Å²) in [5.41, 5.74) is 0.630. The Hall–Kier alpha value is -2.30. The molecule has 0 bridgehead atoms. The number of hydrogen-bond donors (Lipinski definition) is 0. The molecule has 0 amide bonds. The van der Waals surface area contributed by atoms with E-state index >= 15 is 0 Å². The van der Waals surface area contributed by atoms with Gasteiger partial charge >= 0.3 is 0 Å². The fourth-order valence-corrected chi connectivity index (χ4v) is 2.53. The number of nitrogens with zero attached hydrogens (tertiary/aromatic N) is 1. The number of carbonyl (C=O) groups is 3. The number of fused-ring (bicyclic) bond motifs is 1. The van der Waals surface area contributed by atoms with Gasteiger partial charge in [-0.3, -0.25) is 14.4 Å². The zero-order chi connectivity index (χ0) is 15.9. The van der Waals surface area contributed by atoms with E-state index in [2.05, 4.69) is 4.99 Å². The Labute approximate surface area is 135 Å². The molecule has 1 aromatic rings. The maximum Gasteiger partial charge on any atom is 0.213 e. The molecule has 4 nitrogen and oxygen atoms in total. The van der Waals surface area contributed by atoms with Gasteiger partial charge in [-0.15, -0.1) is 0 Å². The van der Waals surface area contributed by atoms with E-state index in [-0.39, 0.29) is 38.4 Å². The Balaban J connectivity index is 2.11. The molecule has 0 unspecified atom stereocenters. The van der Waals surface area contributed by atoms with E-state index in [1.807, 2.05) is 0 Å². The van der Waals surface area contributed by atoms with E-state index in [1.165, 1.54) is 24.3 Å². The first kappa shape index (κ1) is 14.6. The average molecular weight is 332 g/mol. The summed E-state index contributed by atoms with van der Waals surface area (Å²) in [5, 5.41) is -0.265. The summed E-state index contributed by atoms with van der Waals surface area (Å²) < 4.78 is 0. The Kier molecular flexibility index (Phi) is 3.64. The number of carbonyl (C=O) groups excluding carboxylic acids is 3. The van der Waals surface area contributed by atoms with Crippen molar-refractivity contribution in [2.45, 2.75) is 0 Å². The molecule has 0 atom stereocenters. The third kappa shape index (κ3) is 2.36. The molecule has 0 saturated carbocycles. The van der Waals surface area contributed by atoms with Crippen molar-refractivity contribution in [1.29, 1.82) is 0 Å². The molecule has 0 radical (unpaired) electrons. The highest BCUT2D eigenvalue weighted by atomic mass is 35.5. The molecule has 0 N–H and O–H groups in total. The fraction of sp³-hybridized carbons (Fsp3) is 0. The van der Waals surface area contributed by atoms with Gasteiger partial charge in [0.15, 0.2) is 5.78 Å². The number of ketones is 3. The summed E-state index contributed by atoms with van der Waals surface area (Å²) in [6, 6.07) is 6.40. The lowest BCUT2D eigenvalue weighted by molar-refractivity contribution is -0.110. The number of benzene rings is 1. The normalized spacial score (nSPS) is 19.6. The van der Waals surface area contributed by atoms with Crippen LogP contribution in [0.4, 0.5) is 0 Å². The Morgan fingerprint density at radius 1 is 0.864 bits per heavy atom. The lowest BCUT2D eigenvalue weighted by Crippen LogP contribution is -2.19. The molecule has 108 valence electrons. The molecule has 2 aliphatic carbocycles. The molecule has 0 heterocycles. The summed E-state index contributed by atoms with van der Waals surface area (Å²) in [5.74, 6) is -1.25. The largest absolute Gasteiger partial charge is 0.288 e. The topological polar surface area (TPSA) is 63.6 Å². The van der Waals surface area contributed by atoms with Crippen molar-refractivity contribution < 1.29 is 14.4 Å². The summed E-state index contributed by atoms with van der Waals surface area (Å²) in [4.78, 5) is 40.0. The van der Waals surface area contributed by atoms with Crippen LogP contribution >= 0.6 is 23.2 Å². The summed E-state index contributed by atoms with van der Waals surface area (Å²) in [6.45, 7) is 0. The smallest absolute Gasteiger partial charge is 0.213 e. The van der Waals surface area contributed by atoms with Gasteiger partial charge in [-0.05, 0) is 18.2 Å². The third-order valence-corrected chi connectivity index (χ3v) is 3.84. The third-order valence-electron chi connectivity index (χ3n) is 3.20. The fourth-order valence-electron chi connectivity index (χ4n) is 2.12. The first-order valence-corrected chi connectivity index (χ1v) is 7.01. The van der Waals surface area contributed by atoms with E-state index in [1.54, 1.807) is 18.2 Å². The maximum atomic E-state index is 12.4. The minimum atomic E-state index is -0.456. The van der Waals surface area contributed by atoms with Gasteiger partial charge in [0, 0.05) is 11.1 Å². The van der Waals surface area contributed by atoms with Crippen LogP contribution in [0.25, 0.3) is 0 Å². The lowest BCUT2D eigenvalue weighted by atomic mass is 9.92. The van der Waals surface area contributed by atoms with E-state index in [9.17, 15) is 14.4 Å². The van der Waals surface area contributed by atoms with Crippen LogP contribution in [0.3, 0.4) is 0 Å². The van der Waals surface area contributed by atoms with Crippen molar-refractivity contribution >= 4 is 46.3 Å². The Morgan fingerprint density at radius 2 is 1.50 bits per heavy atom. The quantitative estimate of drug-likeness (QED) is 0.742. The minimum absolute atomic E-state index is 0.0204. The number of hydrogen-bond acceptors (Lipinski definition) is 4. The summed E-state index contributed by atoms with van der Waals surface area (Å²) in [6.07, 6.45) is 3.96. The molecule has 0 fully saturated rings. The highest BCUT2D eigenvalue weighted by Crippen LogP contribution is 2.29. The van der Waals surface area contributed by atoms with Crippen molar-refractivity contribution in [2.75, 3.05) is 0 Å². The number of rotatable bonds is 1. The van der Waals surface area contributed by atoms with Crippen LogP contribution in [-0.2, 0) is 4.79 Å². The zero-order valence-corrected chi connectivity index (χ0v) is 12.5. The first-order chi connectivity index (χ1) is 10.5. The standard InChI is InChI=1S/C16H7Cl2NO3/c17-11-7-8(5-6-12(11)20)19-14-13(18)15(21)9-3-1-2-4-10(9)16(14)22/h1-7H. The predicted octanol–water partition coefficient (Wildman–Crippen LogP) is 3.22. The molecule has 2 aliphatic rings. The first-order valence-electron chi connectivity index (χ1n) is 6.25. The molecular formula is C16H7Cl2NO3. The average Bonchev–Trinajstić information content (AvgIpc) is 2.53. The van der Waals surface area contributed by atoms with Gasteiger partial charge in [-0.1, -0.05) is 47.5 Å². The second-order valence-corrected chi connectivity index (χ2v) is 5.38. The number of halogens is 2. The summed E-state index contributed by atoms with van der Waals surface area (Å²) in [7, 11) is 0. The van der Waals surface area contributed by atoms with Crippen LogP contribution < -0.4 is 0 Å². The minimum Gasteiger partial charge on any atom is -0.288 e. The predicted molar refractivity (Wildman–Crippen MR) is 83.5 cm³/mol. The number of Topliss-reactive ketones (excluding diaryl/α,β-unsaturated/α-hetero) is 2. The van der Waals surface area contributed by atoms with Gasteiger partial charge in [-0.25, -0.2) is 4.99 Å². The molecule has 3 rings (SSSR count). The van der Waals surface area contributed by atoms with Crippen LogP contribution in [0.1, 0.15) is 20.7 Å². The Morgan fingerprint density at radius 3 is 2.14 bits per heavy atom.